The van der Waals surface area contributed by atoms with E-state index < -0.39 is 0 Å². The van der Waals surface area contributed by atoms with Crippen LogP contribution >= 0.6 is 27.3 Å². The molecule has 0 radical (unpaired) electrons. The maximum absolute atomic E-state index is 11.2. The summed E-state index contributed by atoms with van der Waals surface area (Å²) in [5, 5.41) is 15.7. The molecule has 1 aromatic carbocycles. The Morgan fingerprint density at radius 3 is 2.67 bits per heavy atom. The predicted octanol–water partition coefficient (Wildman–Crippen LogP) is 5.59. The number of hydrogen-bond acceptors (Lipinski definition) is 6. The van der Waals surface area contributed by atoms with Crippen LogP contribution in [0.4, 0.5) is 0 Å². The molecule has 1 fully saturated rings. The molecule has 8 heteroatoms. The standard InChI is InChI=1S/C22H23BrN4O2S/c1-13-9-14(2)12-26(11-13)18(15-5-3-6-16(23)10-15)19-21(28)27-22(30-19)24-20(25-27)17-7-4-8-29-17/h3-8,10,13-14,18,28H,9,11-12H2,1-2H3. The zero-order valence-corrected chi connectivity index (χ0v) is 19.2. The number of halogens is 1. The molecule has 0 bridgehead atoms. The first-order valence-corrected chi connectivity index (χ1v) is 11.7. The Balaban J connectivity index is 1.61. The van der Waals surface area contributed by atoms with Crippen molar-refractivity contribution < 1.29 is 9.52 Å². The van der Waals surface area contributed by atoms with Crippen molar-refractivity contribution in [2.45, 2.75) is 26.3 Å². The highest BCUT2D eigenvalue weighted by molar-refractivity contribution is 9.10. The number of aromatic nitrogens is 3. The second-order valence-corrected chi connectivity index (χ2v) is 10.2. The minimum Gasteiger partial charge on any atom is -0.492 e. The quantitative estimate of drug-likeness (QED) is 0.407. The summed E-state index contributed by atoms with van der Waals surface area (Å²) in [6, 6.07) is 11.9. The van der Waals surface area contributed by atoms with E-state index in [-0.39, 0.29) is 11.9 Å². The average Bonchev–Trinajstić information content (AvgIpc) is 3.40. The maximum Gasteiger partial charge on any atom is 0.230 e. The lowest BCUT2D eigenvalue weighted by Crippen LogP contribution is -2.41. The third-order valence-electron chi connectivity index (χ3n) is 5.62. The first-order valence-electron chi connectivity index (χ1n) is 10.1. The number of hydrogen-bond donors (Lipinski definition) is 1. The third-order valence-corrected chi connectivity index (χ3v) is 7.18. The van der Waals surface area contributed by atoms with Crippen LogP contribution in [0.2, 0.25) is 0 Å². The van der Waals surface area contributed by atoms with E-state index in [0.29, 0.717) is 28.4 Å². The van der Waals surface area contributed by atoms with Gasteiger partial charge in [-0.2, -0.15) is 9.50 Å². The molecule has 0 amide bonds. The van der Waals surface area contributed by atoms with Crippen molar-refractivity contribution >= 4 is 32.2 Å². The first-order chi connectivity index (χ1) is 14.5. The summed E-state index contributed by atoms with van der Waals surface area (Å²) >= 11 is 5.10. The molecule has 3 unspecified atom stereocenters. The fourth-order valence-electron chi connectivity index (χ4n) is 4.57. The van der Waals surface area contributed by atoms with E-state index >= 15 is 0 Å². The van der Waals surface area contributed by atoms with E-state index in [1.54, 1.807) is 12.3 Å². The molecule has 6 nitrogen and oxygen atoms in total. The van der Waals surface area contributed by atoms with E-state index in [0.717, 1.165) is 28.0 Å². The van der Waals surface area contributed by atoms with E-state index in [2.05, 4.69) is 56.9 Å². The monoisotopic (exact) mass is 486 g/mol. The fraction of sp³-hybridized carbons (Fsp3) is 0.364. The van der Waals surface area contributed by atoms with E-state index in [1.807, 2.05) is 18.2 Å². The third kappa shape index (κ3) is 3.57. The molecule has 3 atom stereocenters. The zero-order chi connectivity index (χ0) is 20.8. The Hall–Kier alpha value is -2.16. The lowest BCUT2D eigenvalue weighted by Gasteiger charge is -2.40. The summed E-state index contributed by atoms with van der Waals surface area (Å²) in [6.45, 7) is 6.59. The number of piperidine rings is 1. The number of benzene rings is 1. The van der Waals surface area contributed by atoms with Gasteiger partial charge in [-0.15, -0.1) is 5.10 Å². The lowest BCUT2D eigenvalue weighted by molar-refractivity contribution is 0.112. The van der Waals surface area contributed by atoms with Gasteiger partial charge in [0.2, 0.25) is 16.7 Å². The number of likely N-dealkylation sites (tertiary alicyclic amines) is 1. The molecule has 1 aliphatic heterocycles. The Kier molecular flexibility index (Phi) is 5.16. The van der Waals surface area contributed by atoms with Gasteiger partial charge < -0.3 is 9.52 Å². The molecule has 156 valence electrons. The number of furan rings is 1. The highest BCUT2D eigenvalue weighted by atomic mass is 79.9. The summed E-state index contributed by atoms with van der Waals surface area (Å²) in [4.78, 5) is 8.61. The van der Waals surface area contributed by atoms with Crippen molar-refractivity contribution in [1.82, 2.24) is 19.5 Å². The van der Waals surface area contributed by atoms with Crippen LogP contribution in [-0.2, 0) is 0 Å². The second-order valence-electron chi connectivity index (χ2n) is 8.25. The van der Waals surface area contributed by atoms with Gasteiger partial charge in [-0.1, -0.05) is 53.2 Å². The second kappa shape index (κ2) is 7.83. The van der Waals surface area contributed by atoms with Gasteiger partial charge in [0.05, 0.1) is 17.2 Å². The van der Waals surface area contributed by atoms with Crippen molar-refractivity contribution in [3.8, 4) is 17.5 Å². The van der Waals surface area contributed by atoms with Crippen LogP contribution in [0.1, 0.15) is 36.8 Å². The van der Waals surface area contributed by atoms with Crippen LogP contribution in [0, 0.1) is 11.8 Å². The maximum atomic E-state index is 11.2. The Morgan fingerprint density at radius 1 is 1.20 bits per heavy atom. The summed E-state index contributed by atoms with van der Waals surface area (Å²) in [7, 11) is 0. The molecule has 0 saturated carbocycles. The van der Waals surface area contributed by atoms with Crippen molar-refractivity contribution in [2.75, 3.05) is 13.1 Å². The molecule has 0 aliphatic carbocycles. The molecular weight excluding hydrogens is 464 g/mol. The Labute approximate surface area is 187 Å². The lowest BCUT2D eigenvalue weighted by atomic mass is 9.89. The van der Waals surface area contributed by atoms with Gasteiger partial charge in [0.1, 0.15) is 0 Å². The van der Waals surface area contributed by atoms with Crippen molar-refractivity contribution in [2.24, 2.45) is 11.8 Å². The number of rotatable bonds is 4. The summed E-state index contributed by atoms with van der Waals surface area (Å²) in [5.74, 6) is 2.44. The molecule has 1 N–H and O–H groups in total. The van der Waals surface area contributed by atoms with Gasteiger partial charge in [0, 0.05) is 17.6 Å². The number of thiazole rings is 1. The van der Waals surface area contributed by atoms with Crippen molar-refractivity contribution in [3.63, 3.8) is 0 Å². The van der Waals surface area contributed by atoms with Crippen LogP contribution in [0.5, 0.6) is 5.88 Å². The zero-order valence-electron chi connectivity index (χ0n) is 16.8. The van der Waals surface area contributed by atoms with Gasteiger partial charge in [0.15, 0.2) is 5.76 Å². The van der Waals surface area contributed by atoms with E-state index in [1.165, 1.54) is 22.3 Å². The predicted molar refractivity (Wildman–Crippen MR) is 121 cm³/mol. The highest BCUT2D eigenvalue weighted by Gasteiger charge is 2.34. The Morgan fingerprint density at radius 2 is 2.00 bits per heavy atom. The number of nitrogens with zero attached hydrogens (tertiary/aromatic N) is 4. The smallest absolute Gasteiger partial charge is 0.230 e. The van der Waals surface area contributed by atoms with Crippen LogP contribution in [0.3, 0.4) is 0 Å². The normalized spacial score (nSPS) is 21.3. The molecule has 1 saturated heterocycles. The number of fused-ring (bicyclic) bond motifs is 1. The molecular formula is C22H23BrN4O2S. The molecule has 4 aromatic rings. The van der Waals surface area contributed by atoms with E-state index in [9.17, 15) is 5.11 Å². The Bertz CT molecular complexity index is 1160. The molecule has 3 aromatic heterocycles. The molecule has 4 heterocycles. The largest absolute Gasteiger partial charge is 0.492 e. The van der Waals surface area contributed by atoms with Crippen LogP contribution < -0.4 is 0 Å². The van der Waals surface area contributed by atoms with Gasteiger partial charge in [-0.3, -0.25) is 4.90 Å². The molecule has 5 rings (SSSR count). The highest BCUT2D eigenvalue weighted by Crippen LogP contribution is 2.42. The van der Waals surface area contributed by atoms with Crippen LogP contribution in [0.25, 0.3) is 16.5 Å². The SMILES string of the molecule is CC1CC(C)CN(C(c2cccc(Br)c2)c2sc3nc(-c4ccco4)nn3c2O)C1. The van der Waals surface area contributed by atoms with Crippen LogP contribution in [0.15, 0.2) is 51.6 Å². The van der Waals surface area contributed by atoms with Crippen molar-refractivity contribution in [3.05, 3.63) is 57.6 Å². The van der Waals surface area contributed by atoms with Gasteiger partial charge in [-0.25, -0.2) is 0 Å². The average molecular weight is 487 g/mol. The summed E-state index contributed by atoms with van der Waals surface area (Å²) in [6.07, 6.45) is 2.83. The van der Waals surface area contributed by atoms with E-state index in [4.69, 9.17) is 4.42 Å². The summed E-state index contributed by atoms with van der Waals surface area (Å²) < 4.78 is 7.97. The fourth-order valence-corrected chi connectivity index (χ4v) is 6.10. The van der Waals surface area contributed by atoms with Gasteiger partial charge in [0.25, 0.3) is 0 Å². The minimum absolute atomic E-state index is 0.0479. The van der Waals surface area contributed by atoms with Gasteiger partial charge in [-0.05, 0) is 48.1 Å². The van der Waals surface area contributed by atoms with Gasteiger partial charge >= 0.3 is 0 Å². The topological polar surface area (TPSA) is 66.8 Å². The minimum atomic E-state index is -0.0479. The van der Waals surface area contributed by atoms with Crippen molar-refractivity contribution in [1.29, 1.82) is 0 Å². The molecule has 1 aliphatic rings. The molecule has 30 heavy (non-hydrogen) atoms. The van der Waals surface area contributed by atoms with Crippen LogP contribution in [-0.4, -0.2) is 37.7 Å². The summed E-state index contributed by atoms with van der Waals surface area (Å²) in [5.41, 5.74) is 1.15. The number of aromatic hydroxyl groups is 1. The molecule has 0 spiro atoms. The first kappa shape index (κ1) is 19.8.